The summed E-state index contributed by atoms with van der Waals surface area (Å²) in [6.07, 6.45) is 11.1. The predicted molar refractivity (Wildman–Crippen MR) is 138 cm³/mol. The first kappa shape index (κ1) is 24.0. The second-order valence-electron chi connectivity index (χ2n) is 10.4. The average Bonchev–Trinajstić information content (AvgIpc) is 3.53. The maximum atomic E-state index is 14.6. The average molecular weight is 505 g/mol. The van der Waals surface area contributed by atoms with Gasteiger partial charge in [0, 0.05) is 49.2 Å². The lowest BCUT2D eigenvalue weighted by atomic mass is 9.95. The fourth-order valence-corrected chi connectivity index (χ4v) is 5.94. The van der Waals surface area contributed by atoms with Gasteiger partial charge in [-0.05, 0) is 75.5 Å². The number of hydrogen-bond acceptors (Lipinski definition) is 6. The van der Waals surface area contributed by atoms with Gasteiger partial charge in [0.05, 0.1) is 6.61 Å². The molecule has 0 atom stereocenters. The first-order valence-corrected chi connectivity index (χ1v) is 13.4. The van der Waals surface area contributed by atoms with Crippen molar-refractivity contribution in [2.24, 2.45) is 5.92 Å². The summed E-state index contributed by atoms with van der Waals surface area (Å²) in [6.45, 7) is 4.04. The molecule has 9 heteroatoms. The van der Waals surface area contributed by atoms with Crippen molar-refractivity contribution in [3.63, 3.8) is 0 Å². The SMILES string of the molecule is CN1CCC(C(=O)N2CCC=C(c3cnc(CCc4c(F)ccc5c4CCO5)n4cnnc34)CC2)CC1. The van der Waals surface area contributed by atoms with Crippen LogP contribution >= 0.6 is 0 Å². The van der Waals surface area contributed by atoms with E-state index in [1.165, 1.54) is 6.07 Å². The van der Waals surface area contributed by atoms with Crippen molar-refractivity contribution in [1.82, 2.24) is 29.4 Å². The molecule has 0 spiro atoms. The van der Waals surface area contributed by atoms with Gasteiger partial charge in [0.1, 0.15) is 23.7 Å². The third-order valence-electron chi connectivity index (χ3n) is 8.11. The van der Waals surface area contributed by atoms with E-state index >= 15 is 0 Å². The maximum Gasteiger partial charge on any atom is 0.225 e. The number of halogens is 1. The van der Waals surface area contributed by atoms with Gasteiger partial charge in [-0.25, -0.2) is 9.37 Å². The van der Waals surface area contributed by atoms with Crippen LogP contribution < -0.4 is 4.74 Å². The molecule has 3 aliphatic rings. The Labute approximate surface area is 216 Å². The Balaban J connectivity index is 1.17. The van der Waals surface area contributed by atoms with E-state index in [1.807, 2.05) is 15.5 Å². The minimum Gasteiger partial charge on any atom is -0.493 e. The Morgan fingerprint density at radius 1 is 1.14 bits per heavy atom. The minimum absolute atomic E-state index is 0.143. The zero-order valence-electron chi connectivity index (χ0n) is 21.3. The van der Waals surface area contributed by atoms with E-state index < -0.39 is 0 Å². The number of benzene rings is 1. The lowest BCUT2D eigenvalue weighted by molar-refractivity contribution is -0.136. The van der Waals surface area contributed by atoms with Gasteiger partial charge < -0.3 is 14.5 Å². The molecule has 194 valence electrons. The van der Waals surface area contributed by atoms with Crippen molar-refractivity contribution in [3.8, 4) is 5.75 Å². The van der Waals surface area contributed by atoms with Gasteiger partial charge in [-0.1, -0.05) is 6.08 Å². The van der Waals surface area contributed by atoms with Crippen LogP contribution in [0.1, 0.15) is 48.2 Å². The molecule has 0 bridgehead atoms. The summed E-state index contributed by atoms with van der Waals surface area (Å²) >= 11 is 0. The van der Waals surface area contributed by atoms with Gasteiger partial charge in [0.2, 0.25) is 5.91 Å². The lowest BCUT2D eigenvalue weighted by Crippen LogP contribution is -2.42. The number of aryl methyl sites for hydroxylation is 1. The number of rotatable bonds is 5. The van der Waals surface area contributed by atoms with E-state index in [-0.39, 0.29) is 11.7 Å². The van der Waals surface area contributed by atoms with Crippen LogP contribution in [0.2, 0.25) is 0 Å². The largest absolute Gasteiger partial charge is 0.493 e. The predicted octanol–water partition coefficient (Wildman–Crippen LogP) is 3.33. The van der Waals surface area contributed by atoms with Crippen LogP contribution in [0.3, 0.4) is 0 Å². The highest BCUT2D eigenvalue weighted by Gasteiger charge is 2.28. The van der Waals surface area contributed by atoms with Crippen LogP contribution in [0.25, 0.3) is 11.2 Å². The fraction of sp³-hybridized carbons (Fsp3) is 0.500. The van der Waals surface area contributed by atoms with Crippen LogP contribution in [-0.2, 0) is 24.1 Å². The zero-order chi connectivity index (χ0) is 25.4. The van der Waals surface area contributed by atoms with Gasteiger partial charge in [-0.2, -0.15) is 0 Å². The summed E-state index contributed by atoms with van der Waals surface area (Å²) in [7, 11) is 2.12. The quantitative estimate of drug-likeness (QED) is 0.531. The Morgan fingerprint density at radius 3 is 2.86 bits per heavy atom. The first-order valence-electron chi connectivity index (χ1n) is 13.4. The molecular formula is C28H33FN6O2. The Kier molecular flexibility index (Phi) is 6.63. The molecule has 0 saturated carbocycles. The van der Waals surface area contributed by atoms with E-state index in [0.717, 1.165) is 85.7 Å². The maximum absolute atomic E-state index is 14.6. The molecule has 8 nitrogen and oxygen atoms in total. The van der Waals surface area contributed by atoms with Crippen LogP contribution in [0, 0.1) is 11.7 Å². The van der Waals surface area contributed by atoms with E-state index in [9.17, 15) is 9.18 Å². The van der Waals surface area contributed by atoms with Crippen molar-refractivity contribution >= 4 is 17.1 Å². The van der Waals surface area contributed by atoms with Crippen molar-refractivity contribution < 1.29 is 13.9 Å². The molecule has 1 amide bonds. The Bertz CT molecular complexity index is 1340. The number of ether oxygens (including phenoxy) is 1. The molecule has 0 aliphatic carbocycles. The summed E-state index contributed by atoms with van der Waals surface area (Å²) in [4.78, 5) is 22.3. The molecule has 6 rings (SSSR count). The third-order valence-corrected chi connectivity index (χ3v) is 8.11. The second kappa shape index (κ2) is 10.2. The van der Waals surface area contributed by atoms with E-state index in [0.29, 0.717) is 37.5 Å². The Hall–Kier alpha value is -3.33. The molecule has 1 saturated heterocycles. The molecule has 2 aromatic heterocycles. The second-order valence-corrected chi connectivity index (χ2v) is 10.4. The topological polar surface area (TPSA) is 75.9 Å². The molecule has 3 aromatic rings. The zero-order valence-corrected chi connectivity index (χ0v) is 21.3. The van der Waals surface area contributed by atoms with Gasteiger partial charge in [-0.3, -0.25) is 9.20 Å². The van der Waals surface area contributed by atoms with Gasteiger partial charge >= 0.3 is 0 Å². The molecule has 1 fully saturated rings. The molecule has 0 unspecified atom stereocenters. The van der Waals surface area contributed by atoms with E-state index in [2.05, 4.69) is 28.2 Å². The number of carbonyl (C=O) groups excluding carboxylic acids is 1. The standard InChI is InChI=1S/C28H33FN6O2/c1-33-13-8-20(9-14-33)28(36)34-12-2-3-19(10-15-34)23-17-30-26(35-18-31-32-27(23)35)7-4-21-22-11-16-37-25(22)6-5-24(21)29/h3,5-6,17-18,20H,2,4,7-16H2,1H3. The fourth-order valence-electron chi connectivity index (χ4n) is 5.94. The number of hydrogen-bond donors (Lipinski definition) is 0. The number of nitrogens with zero attached hydrogens (tertiary/aromatic N) is 6. The molecule has 37 heavy (non-hydrogen) atoms. The van der Waals surface area contributed by atoms with Gasteiger partial charge in [-0.15, -0.1) is 10.2 Å². The number of carbonyl (C=O) groups is 1. The van der Waals surface area contributed by atoms with Crippen LogP contribution in [0.5, 0.6) is 5.75 Å². The van der Waals surface area contributed by atoms with Crippen LogP contribution in [-0.4, -0.2) is 75.1 Å². The monoisotopic (exact) mass is 504 g/mol. The number of piperidine rings is 1. The summed E-state index contributed by atoms with van der Waals surface area (Å²) in [5.41, 5.74) is 4.55. The minimum atomic E-state index is -0.191. The normalized spacial score (nSPS) is 19.0. The molecule has 0 N–H and O–H groups in total. The van der Waals surface area contributed by atoms with E-state index in [4.69, 9.17) is 9.72 Å². The smallest absolute Gasteiger partial charge is 0.225 e. The molecule has 0 radical (unpaired) electrons. The molecular weight excluding hydrogens is 471 g/mol. The summed E-state index contributed by atoms with van der Waals surface area (Å²) in [5.74, 6) is 1.84. The van der Waals surface area contributed by atoms with Gasteiger partial charge in [0.25, 0.3) is 0 Å². The summed E-state index contributed by atoms with van der Waals surface area (Å²) in [6, 6.07) is 3.21. The Morgan fingerprint density at radius 2 is 2.00 bits per heavy atom. The number of aromatic nitrogens is 4. The molecule has 1 aromatic carbocycles. The van der Waals surface area contributed by atoms with Crippen LogP contribution in [0.15, 0.2) is 30.7 Å². The van der Waals surface area contributed by atoms with Crippen molar-refractivity contribution in [1.29, 1.82) is 0 Å². The highest BCUT2D eigenvalue weighted by Crippen LogP contribution is 2.31. The third kappa shape index (κ3) is 4.72. The number of likely N-dealkylation sites (tertiary alicyclic amines) is 1. The number of amides is 1. The van der Waals surface area contributed by atoms with E-state index in [1.54, 1.807) is 12.4 Å². The summed E-state index contributed by atoms with van der Waals surface area (Å²) < 4.78 is 22.2. The summed E-state index contributed by atoms with van der Waals surface area (Å²) in [5, 5.41) is 8.57. The molecule has 5 heterocycles. The van der Waals surface area contributed by atoms with Crippen molar-refractivity contribution in [2.75, 3.05) is 39.8 Å². The highest BCUT2D eigenvalue weighted by molar-refractivity contribution is 5.80. The number of fused-ring (bicyclic) bond motifs is 2. The molecule has 3 aliphatic heterocycles. The lowest BCUT2D eigenvalue weighted by Gasteiger charge is -2.32. The highest BCUT2D eigenvalue weighted by atomic mass is 19.1. The van der Waals surface area contributed by atoms with Crippen molar-refractivity contribution in [2.45, 2.75) is 44.9 Å². The van der Waals surface area contributed by atoms with Gasteiger partial charge in [0.15, 0.2) is 5.65 Å². The first-order chi connectivity index (χ1) is 18.1. The van der Waals surface area contributed by atoms with Crippen molar-refractivity contribution in [3.05, 3.63) is 59.1 Å². The van der Waals surface area contributed by atoms with Crippen LogP contribution in [0.4, 0.5) is 4.39 Å².